The molecule has 0 saturated heterocycles. The average molecular weight is 410 g/mol. The first-order valence-electron chi connectivity index (χ1n) is 9.52. The van der Waals surface area contributed by atoms with Gasteiger partial charge in [0.15, 0.2) is 5.69 Å². The van der Waals surface area contributed by atoms with Crippen molar-refractivity contribution in [1.29, 1.82) is 0 Å². The van der Waals surface area contributed by atoms with Gasteiger partial charge in [-0.2, -0.15) is 0 Å². The number of hydrogen-bond donors (Lipinski definition) is 0. The highest BCUT2D eigenvalue weighted by Crippen LogP contribution is 2.29. The van der Waals surface area contributed by atoms with Gasteiger partial charge in [0.1, 0.15) is 6.04 Å². The van der Waals surface area contributed by atoms with Gasteiger partial charge < -0.3 is 9.64 Å². The first-order chi connectivity index (χ1) is 13.2. The van der Waals surface area contributed by atoms with Crippen molar-refractivity contribution in [2.75, 3.05) is 14.2 Å². The monoisotopic (exact) mass is 409 g/mol. The Labute approximate surface area is 170 Å². The second-order valence-electron chi connectivity index (χ2n) is 7.50. The van der Waals surface area contributed by atoms with Crippen molar-refractivity contribution in [3.63, 3.8) is 0 Å². The third-order valence-electron chi connectivity index (χ3n) is 5.16. The molecule has 0 aromatic carbocycles. The van der Waals surface area contributed by atoms with Crippen LogP contribution in [0.4, 0.5) is 0 Å². The molecule has 1 rings (SSSR count). The summed E-state index contributed by atoms with van der Waals surface area (Å²) in [6, 6.07) is -0.754. The van der Waals surface area contributed by atoms with E-state index >= 15 is 0 Å². The summed E-state index contributed by atoms with van der Waals surface area (Å²) >= 11 is 1.42. The van der Waals surface area contributed by atoms with E-state index in [4.69, 9.17) is 10.3 Å². The van der Waals surface area contributed by atoms with Crippen molar-refractivity contribution in [3.8, 4) is 0 Å². The molecule has 0 fully saturated rings. The van der Waals surface area contributed by atoms with Crippen LogP contribution in [0.1, 0.15) is 68.9 Å². The predicted molar refractivity (Wildman–Crippen MR) is 110 cm³/mol. The topological polar surface area (TPSA) is 108 Å². The zero-order chi connectivity index (χ0) is 21.4. The van der Waals surface area contributed by atoms with Crippen LogP contribution in [0.15, 0.2) is 10.5 Å². The third kappa shape index (κ3) is 5.94. The van der Waals surface area contributed by atoms with Crippen LogP contribution in [0.5, 0.6) is 0 Å². The van der Waals surface area contributed by atoms with Gasteiger partial charge in [0.2, 0.25) is 5.91 Å². The normalized spacial score (nSPS) is 15.3. The van der Waals surface area contributed by atoms with Crippen molar-refractivity contribution < 1.29 is 14.3 Å². The molecule has 0 saturated carbocycles. The van der Waals surface area contributed by atoms with Crippen molar-refractivity contribution in [1.82, 2.24) is 9.88 Å². The first kappa shape index (κ1) is 23.9. The fourth-order valence-corrected chi connectivity index (χ4v) is 3.97. The van der Waals surface area contributed by atoms with Crippen molar-refractivity contribution in [2.45, 2.75) is 65.5 Å². The molecule has 1 heterocycles. The number of carbonyl (C=O) groups excluding carboxylic acids is 2. The van der Waals surface area contributed by atoms with Crippen LogP contribution in [0.25, 0.3) is 10.4 Å². The number of carbonyl (C=O) groups is 2. The molecule has 28 heavy (non-hydrogen) atoms. The number of azide groups is 1. The molecular weight excluding hydrogens is 378 g/mol. The maximum atomic E-state index is 13.0. The average Bonchev–Trinajstić information content (AvgIpc) is 3.17. The van der Waals surface area contributed by atoms with E-state index < -0.39 is 12.0 Å². The summed E-state index contributed by atoms with van der Waals surface area (Å²) in [5, 5.41) is 6.28. The highest BCUT2D eigenvalue weighted by atomic mass is 32.1. The highest BCUT2D eigenvalue weighted by Gasteiger charge is 2.32. The number of likely N-dealkylation sites (N-methyl/N-ethyl adjacent to an activating group) is 1. The summed E-state index contributed by atoms with van der Waals surface area (Å²) < 4.78 is 4.71. The number of methoxy groups -OCH3 is 1. The van der Waals surface area contributed by atoms with E-state index in [2.05, 4.69) is 28.9 Å². The zero-order valence-electron chi connectivity index (χ0n) is 17.7. The number of rotatable bonds is 10. The molecule has 1 amide bonds. The fraction of sp³-hybridized carbons (Fsp3) is 0.737. The summed E-state index contributed by atoms with van der Waals surface area (Å²) in [5.41, 5.74) is 9.17. The van der Waals surface area contributed by atoms with Crippen molar-refractivity contribution in [2.24, 2.45) is 17.0 Å². The standard InChI is InChI=1S/C19H31N5O3S/c1-8-12(4)16(22-23-20)18(25)24(6)15(11(2)3)9-13(5)17-21-14(10-28-17)19(26)27-7/h10-13,15-16H,8-9H2,1-7H3/t12-,13+,15+,16-/m0/s1. The van der Waals surface area contributed by atoms with Gasteiger partial charge >= 0.3 is 5.97 Å². The Morgan fingerprint density at radius 3 is 2.50 bits per heavy atom. The molecule has 0 aliphatic rings. The summed E-state index contributed by atoms with van der Waals surface area (Å²) in [5.74, 6) is -0.370. The SMILES string of the molecule is CC[C@H](C)[C@H](N=[N+]=[N-])C(=O)N(C)[C@H](C[C@@H](C)c1nc(C(=O)OC)cs1)C(C)C. The minimum Gasteiger partial charge on any atom is -0.464 e. The van der Waals surface area contributed by atoms with Gasteiger partial charge in [-0.15, -0.1) is 11.3 Å². The number of thiazole rings is 1. The minimum atomic E-state index is -0.706. The smallest absolute Gasteiger partial charge is 0.357 e. The maximum absolute atomic E-state index is 13.0. The quantitative estimate of drug-likeness (QED) is 0.243. The Balaban J connectivity index is 2.99. The molecule has 1 aromatic rings. The second-order valence-corrected chi connectivity index (χ2v) is 8.38. The Morgan fingerprint density at radius 2 is 2.00 bits per heavy atom. The Morgan fingerprint density at radius 1 is 1.36 bits per heavy atom. The van der Waals surface area contributed by atoms with Crippen LogP contribution >= 0.6 is 11.3 Å². The molecule has 0 radical (unpaired) electrons. The van der Waals surface area contributed by atoms with Gasteiger partial charge in [0.25, 0.3) is 0 Å². The second kappa shape index (κ2) is 11.0. The van der Waals surface area contributed by atoms with E-state index in [1.165, 1.54) is 18.4 Å². The number of nitrogens with zero attached hydrogens (tertiary/aromatic N) is 5. The van der Waals surface area contributed by atoms with Crippen molar-refractivity contribution in [3.05, 3.63) is 26.5 Å². The molecule has 8 nitrogen and oxygen atoms in total. The molecule has 4 atom stereocenters. The van der Waals surface area contributed by atoms with E-state index in [-0.39, 0.29) is 29.7 Å². The molecule has 0 aliphatic heterocycles. The van der Waals surface area contributed by atoms with Crippen LogP contribution in [0, 0.1) is 11.8 Å². The summed E-state index contributed by atoms with van der Waals surface area (Å²) in [7, 11) is 3.10. The van der Waals surface area contributed by atoms with Crippen LogP contribution in [0.3, 0.4) is 0 Å². The third-order valence-corrected chi connectivity index (χ3v) is 6.24. The van der Waals surface area contributed by atoms with Gasteiger partial charge in [0, 0.05) is 29.3 Å². The summed E-state index contributed by atoms with van der Waals surface area (Å²) in [6.45, 7) is 10.1. The van der Waals surface area contributed by atoms with Gasteiger partial charge in [-0.3, -0.25) is 4.79 Å². The minimum absolute atomic E-state index is 0.0299. The Kier molecular flexibility index (Phi) is 9.41. The lowest BCUT2D eigenvalue weighted by atomic mass is 9.91. The molecular formula is C19H31N5O3S. The lowest BCUT2D eigenvalue weighted by molar-refractivity contribution is -0.135. The number of ether oxygens (including phenoxy) is 1. The number of hydrogen-bond acceptors (Lipinski definition) is 6. The maximum Gasteiger partial charge on any atom is 0.357 e. The summed E-state index contributed by atoms with van der Waals surface area (Å²) in [6.07, 6.45) is 1.44. The molecule has 0 unspecified atom stereocenters. The molecule has 156 valence electrons. The fourth-order valence-electron chi connectivity index (χ4n) is 3.11. The van der Waals surface area contributed by atoms with Crippen LogP contribution in [-0.4, -0.2) is 48.0 Å². The molecule has 9 heteroatoms. The van der Waals surface area contributed by atoms with Crippen LogP contribution < -0.4 is 0 Å². The van der Waals surface area contributed by atoms with E-state index in [1.807, 2.05) is 20.8 Å². The van der Waals surface area contributed by atoms with Gasteiger partial charge in [-0.1, -0.05) is 46.2 Å². The molecule has 0 aliphatic carbocycles. The molecule has 0 bridgehead atoms. The number of esters is 1. The molecule has 1 aromatic heterocycles. The van der Waals surface area contributed by atoms with Gasteiger partial charge in [-0.05, 0) is 23.8 Å². The summed E-state index contributed by atoms with van der Waals surface area (Å²) in [4.78, 5) is 33.6. The largest absolute Gasteiger partial charge is 0.464 e. The van der Waals surface area contributed by atoms with E-state index in [1.54, 1.807) is 17.3 Å². The van der Waals surface area contributed by atoms with Gasteiger partial charge in [0.05, 0.1) is 12.1 Å². The Hall–Kier alpha value is -2.12. The number of aromatic nitrogens is 1. The molecule has 0 spiro atoms. The van der Waals surface area contributed by atoms with Crippen LogP contribution in [-0.2, 0) is 9.53 Å². The van der Waals surface area contributed by atoms with Crippen molar-refractivity contribution >= 4 is 23.2 Å². The predicted octanol–water partition coefficient (Wildman–Crippen LogP) is 4.63. The van der Waals surface area contributed by atoms with Crippen LogP contribution in [0.2, 0.25) is 0 Å². The lowest BCUT2D eigenvalue weighted by Gasteiger charge is -2.35. The van der Waals surface area contributed by atoms with E-state index in [0.717, 1.165) is 11.4 Å². The van der Waals surface area contributed by atoms with E-state index in [9.17, 15) is 9.59 Å². The lowest BCUT2D eigenvalue weighted by Crippen LogP contribution is -2.46. The van der Waals surface area contributed by atoms with E-state index in [0.29, 0.717) is 12.1 Å². The molecule has 0 N–H and O–H groups in total. The first-order valence-corrected chi connectivity index (χ1v) is 10.4. The van der Waals surface area contributed by atoms with Gasteiger partial charge in [-0.25, -0.2) is 9.78 Å². The Bertz CT molecular complexity index is 714. The zero-order valence-corrected chi connectivity index (χ0v) is 18.6. The highest BCUT2D eigenvalue weighted by molar-refractivity contribution is 7.09. The number of amides is 1.